The molecule has 2 atom stereocenters. The van der Waals surface area contributed by atoms with E-state index in [2.05, 4.69) is 0 Å². The summed E-state index contributed by atoms with van der Waals surface area (Å²) >= 11 is 1.50. The fourth-order valence-electron chi connectivity index (χ4n) is 2.66. The van der Waals surface area contributed by atoms with Crippen molar-refractivity contribution in [1.82, 2.24) is 4.90 Å². The number of amides is 1. The minimum absolute atomic E-state index is 0.0144. The van der Waals surface area contributed by atoms with Crippen molar-refractivity contribution in [2.24, 2.45) is 5.73 Å². The molecule has 3 rings (SSSR count). The summed E-state index contributed by atoms with van der Waals surface area (Å²) in [4.78, 5) is 24.5. The van der Waals surface area contributed by atoms with Crippen molar-refractivity contribution < 1.29 is 19.3 Å². The number of pyridine rings is 1. The average molecular weight is 305 g/mol. The van der Waals surface area contributed by atoms with E-state index in [0.717, 1.165) is 5.56 Å². The SMILES string of the molecule is Cc1ccc[n+](CC2=C(C(=O)[O-])N3C(=O)C(N)C3SC2)c1. The summed E-state index contributed by atoms with van der Waals surface area (Å²) in [5.74, 6) is -1.13. The van der Waals surface area contributed by atoms with Gasteiger partial charge in [0.2, 0.25) is 5.91 Å². The zero-order valence-electron chi connectivity index (χ0n) is 11.5. The molecule has 2 aliphatic rings. The number of aromatic nitrogens is 1. The minimum Gasteiger partial charge on any atom is -0.543 e. The quantitative estimate of drug-likeness (QED) is 0.544. The van der Waals surface area contributed by atoms with Crippen molar-refractivity contribution in [3.63, 3.8) is 0 Å². The summed E-state index contributed by atoms with van der Waals surface area (Å²) in [5.41, 5.74) is 7.44. The maximum atomic E-state index is 11.8. The highest BCUT2D eigenvalue weighted by Gasteiger charge is 2.50. The van der Waals surface area contributed by atoms with E-state index in [1.165, 1.54) is 16.7 Å². The molecule has 0 aromatic carbocycles. The number of thioether (sulfide) groups is 1. The van der Waals surface area contributed by atoms with Gasteiger partial charge in [0, 0.05) is 23.0 Å². The Morgan fingerprint density at radius 3 is 3.05 bits per heavy atom. The van der Waals surface area contributed by atoms with Gasteiger partial charge in [-0.15, -0.1) is 11.8 Å². The Morgan fingerprint density at radius 2 is 2.38 bits per heavy atom. The molecule has 2 N–H and O–H groups in total. The van der Waals surface area contributed by atoms with E-state index >= 15 is 0 Å². The molecule has 3 heterocycles. The van der Waals surface area contributed by atoms with Gasteiger partial charge in [-0.05, 0) is 13.0 Å². The molecule has 0 spiro atoms. The van der Waals surface area contributed by atoms with Gasteiger partial charge in [-0.3, -0.25) is 9.69 Å². The first-order valence-corrected chi connectivity index (χ1v) is 7.63. The van der Waals surface area contributed by atoms with Crippen LogP contribution in [0.2, 0.25) is 0 Å². The van der Waals surface area contributed by atoms with Crippen LogP contribution in [0.15, 0.2) is 35.8 Å². The molecule has 1 fully saturated rings. The second kappa shape index (κ2) is 5.16. The molecule has 1 saturated heterocycles. The number of aliphatic carboxylic acids is 1. The summed E-state index contributed by atoms with van der Waals surface area (Å²) in [6, 6.07) is 3.25. The zero-order chi connectivity index (χ0) is 15.1. The maximum absolute atomic E-state index is 11.8. The fraction of sp³-hybridized carbons (Fsp3) is 0.357. The monoisotopic (exact) mass is 305 g/mol. The lowest BCUT2D eigenvalue weighted by Crippen LogP contribution is -2.69. The van der Waals surface area contributed by atoms with Gasteiger partial charge in [0.1, 0.15) is 11.4 Å². The fourth-order valence-corrected chi connectivity index (χ4v) is 3.94. The van der Waals surface area contributed by atoms with Crippen molar-refractivity contribution in [1.29, 1.82) is 0 Å². The standard InChI is InChI=1S/C14H15N3O3S/c1-8-3-2-4-16(5-8)6-9-7-21-13-10(15)12(18)17(13)11(9)14(19)20/h2-5,10,13H,6-7,15H2,1H3. The molecule has 110 valence electrons. The van der Waals surface area contributed by atoms with E-state index in [1.54, 1.807) is 0 Å². The third-order valence-electron chi connectivity index (χ3n) is 3.66. The number of fused-ring (bicyclic) bond motifs is 1. The van der Waals surface area contributed by atoms with Crippen molar-refractivity contribution in [3.05, 3.63) is 41.4 Å². The zero-order valence-corrected chi connectivity index (χ0v) is 12.3. The van der Waals surface area contributed by atoms with Gasteiger partial charge < -0.3 is 15.6 Å². The second-order valence-corrected chi connectivity index (χ2v) is 6.33. The first-order chi connectivity index (χ1) is 9.99. The largest absolute Gasteiger partial charge is 0.543 e. The molecular weight excluding hydrogens is 290 g/mol. The second-order valence-electron chi connectivity index (χ2n) is 5.23. The normalized spacial score (nSPS) is 24.7. The van der Waals surface area contributed by atoms with E-state index in [4.69, 9.17) is 5.73 Å². The molecule has 7 heteroatoms. The predicted molar refractivity (Wildman–Crippen MR) is 74.5 cm³/mol. The molecular formula is C14H15N3O3S. The van der Waals surface area contributed by atoms with Crippen molar-refractivity contribution in [2.75, 3.05) is 5.75 Å². The van der Waals surface area contributed by atoms with Crippen LogP contribution in [0.4, 0.5) is 0 Å². The molecule has 0 aliphatic carbocycles. The van der Waals surface area contributed by atoms with E-state index in [-0.39, 0.29) is 17.0 Å². The van der Waals surface area contributed by atoms with Crippen LogP contribution in [0.25, 0.3) is 0 Å². The lowest BCUT2D eigenvalue weighted by molar-refractivity contribution is -0.689. The van der Waals surface area contributed by atoms with Gasteiger partial charge >= 0.3 is 0 Å². The Kier molecular flexibility index (Phi) is 3.46. The van der Waals surface area contributed by atoms with Crippen LogP contribution in [-0.2, 0) is 16.1 Å². The molecule has 1 aromatic heterocycles. The van der Waals surface area contributed by atoms with Gasteiger partial charge in [0.05, 0.1) is 11.7 Å². The summed E-state index contributed by atoms with van der Waals surface area (Å²) in [5, 5.41) is 11.2. The summed E-state index contributed by atoms with van der Waals surface area (Å²) in [6.07, 6.45) is 3.80. The van der Waals surface area contributed by atoms with E-state index in [9.17, 15) is 14.7 Å². The molecule has 0 saturated carbocycles. The number of β-lactam (4-membered cyclic amide) rings is 1. The highest BCUT2D eigenvalue weighted by molar-refractivity contribution is 8.00. The van der Waals surface area contributed by atoms with Crippen LogP contribution in [-0.4, -0.2) is 33.9 Å². The molecule has 6 nitrogen and oxygen atoms in total. The number of hydrogen-bond donors (Lipinski definition) is 1. The Labute approximate surface area is 126 Å². The van der Waals surface area contributed by atoms with Crippen LogP contribution in [0.3, 0.4) is 0 Å². The third-order valence-corrected chi connectivity index (χ3v) is 5.02. The van der Waals surface area contributed by atoms with Gasteiger partial charge in [-0.25, -0.2) is 4.57 Å². The van der Waals surface area contributed by atoms with Crippen molar-refractivity contribution in [3.8, 4) is 0 Å². The number of carbonyl (C=O) groups excluding carboxylic acids is 2. The number of carbonyl (C=O) groups is 2. The van der Waals surface area contributed by atoms with E-state index in [0.29, 0.717) is 17.9 Å². The highest BCUT2D eigenvalue weighted by Crippen LogP contribution is 2.39. The Hall–Kier alpha value is -1.86. The number of hydrogen-bond acceptors (Lipinski definition) is 5. The maximum Gasteiger partial charge on any atom is 0.248 e. The first-order valence-electron chi connectivity index (χ1n) is 6.58. The highest BCUT2D eigenvalue weighted by atomic mass is 32.2. The number of rotatable bonds is 3. The molecule has 21 heavy (non-hydrogen) atoms. The van der Waals surface area contributed by atoms with E-state index < -0.39 is 12.0 Å². The van der Waals surface area contributed by atoms with Gasteiger partial charge in [-0.2, -0.15) is 0 Å². The molecule has 0 radical (unpaired) electrons. The number of nitrogens with two attached hydrogens (primary N) is 1. The predicted octanol–water partition coefficient (Wildman–Crippen LogP) is -1.47. The lowest BCUT2D eigenvalue weighted by Gasteiger charge is -2.49. The summed E-state index contributed by atoms with van der Waals surface area (Å²) in [7, 11) is 0. The Balaban J connectivity index is 1.95. The average Bonchev–Trinajstić information content (AvgIpc) is 2.45. The topological polar surface area (TPSA) is 90.3 Å². The smallest absolute Gasteiger partial charge is 0.248 e. The summed E-state index contributed by atoms with van der Waals surface area (Å²) < 4.78 is 1.90. The van der Waals surface area contributed by atoms with Crippen LogP contribution in [0.5, 0.6) is 0 Å². The number of nitrogens with zero attached hydrogens (tertiary/aromatic N) is 2. The van der Waals surface area contributed by atoms with Gasteiger partial charge in [-0.1, -0.05) is 0 Å². The van der Waals surface area contributed by atoms with Crippen LogP contribution >= 0.6 is 11.8 Å². The van der Waals surface area contributed by atoms with Crippen LogP contribution < -0.4 is 15.4 Å². The first kappa shape index (κ1) is 14.1. The molecule has 0 bridgehead atoms. The van der Waals surface area contributed by atoms with Crippen LogP contribution in [0.1, 0.15) is 5.56 Å². The Morgan fingerprint density at radius 1 is 1.62 bits per heavy atom. The van der Waals surface area contributed by atoms with Gasteiger partial charge in [0.15, 0.2) is 18.9 Å². The molecule has 1 aromatic rings. The van der Waals surface area contributed by atoms with Crippen molar-refractivity contribution >= 4 is 23.6 Å². The number of carboxylic acids is 1. The molecule has 1 amide bonds. The summed E-state index contributed by atoms with van der Waals surface area (Å²) in [6.45, 7) is 2.39. The van der Waals surface area contributed by atoms with Crippen molar-refractivity contribution in [2.45, 2.75) is 24.9 Å². The molecule has 2 unspecified atom stereocenters. The Bertz CT molecular complexity index is 659. The third kappa shape index (κ3) is 2.32. The number of aryl methyl sites for hydroxylation is 1. The van der Waals surface area contributed by atoms with Gasteiger partial charge in [0.25, 0.3) is 0 Å². The molecule has 2 aliphatic heterocycles. The van der Waals surface area contributed by atoms with Crippen LogP contribution in [0, 0.1) is 6.92 Å². The van der Waals surface area contributed by atoms with E-state index in [1.807, 2.05) is 36.0 Å². The lowest BCUT2D eigenvalue weighted by atomic mass is 10.0. The number of carboxylic acid groups (broad SMARTS) is 1. The minimum atomic E-state index is -1.32.